The van der Waals surface area contributed by atoms with E-state index in [4.69, 9.17) is 0 Å². The van der Waals surface area contributed by atoms with E-state index < -0.39 is 10.0 Å². The first-order valence-electron chi connectivity index (χ1n) is 5.73. The highest BCUT2D eigenvalue weighted by atomic mass is 35.5. The van der Waals surface area contributed by atoms with Crippen LogP contribution in [0.5, 0.6) is 0 Å². The van der Waals surface area contributed by atoms with E-state index in [0.717, 1.165) is 13.0 Å². The minimum atomic E-state index is -3.39. The van der Waals surface area contributed by atoms with Crippen molar-refractivity contribution in [2.75, 3.05) is 26.2 Å². The zero-order valence-corrected chi connectivity index (χ0v) is 12.2. The molecule has 0 spiro atoms. The Kier molecular flexibility index (Phi) is 5.15. The van der Waals surface area contributed by atoms with Gasteiger partial charge in [-0.25, -0.2) is 8.42 Å². The highest BCUT2D eigenvalue weighted by Crippen LogP contribution is 2.19. The molecular formula is C10H19ClN4O2S. The maximum atomic E-state index is 12.4. The number of hydrogen-bond donors (Lipinski definition) is 1. The van der Waals surface area contributed by atoms with Crippen LogP contribution in [0.3, 0.4) is 0 Å². The quantitative estimate of drug-likeness (QED) is 0.842. The van der Waals surface area contributed by atoms with E-state index in [0.29, 0.717) is 30.2 Å². The van der Waals surface area contributed by atoms with Crippen molar-refractivity contribution in [2.45, 2.75) is 18.2 Å². The van der Waals surface area contributed by atoms with Gasteiger partial charge in [0, 0.05) is 26.7 Å². The zero-order chi connectivity index (χ0) is 12.5. The molecule has 2 heterocycles. The molecule has 104 valence electrons. The lowest BCUT2D eigenvalue weighted by Crippen LogP contribution is -2.34. The van der Waals surface area contributed by atoms with Crippen molar-refractivity contribution >= 4 is 22.4 Å². The van der Waals surface area contributed by atoms with E-state index in [-0.39, 0.29) is 12.4 Å². The predicted octanol–water partition coefficient (Wildman–Crippen LogP) is 0.134. The fraction of sp³-hybridized carbons (Fsp3) is 0.700. The van der Waals surface area contributed by atoms with E-state index in [1.165, 1.54) is 10.5 Å². The predicted molar refractivity (Wildman–Crippen MR) is 71.4 cm³/mol. The average Bonchev–Trinajstić information content (AvgIpc) is 2.55. The maximum Gasteiger partial charge on any atom is 0.246 e. The highest BCUT2D eigenvalue weighted by molar-refractivity contribution is 7.89. The molecule has 2 rings (SSSR count). The van der Waals surface area contributed by atoms with Gasteiger partial charge in [0.1, 0.15) is 4.90 Å². The van der Waals surface area contributed by atoms with Crippen LogP contribution in [0.2, 0.25) is 0 Å². The van der Waals surface area contributed by atoms with Gasteiger partial charge in [-0.05, 0) is 19.9 Å². The first-order chi connectivity index (χ1) is 8.03. The zero-order valence-electron chi connectivity index (χ0n) is 10.6. The van der Waals surface area contributed by atoms with Crippen LogP contribution < -0.4 is 5.32 Å². The number of rotatable bonds is 2. The standard InChI is InChI=1S/C10H18N4O2S.ClH/c1-9-10(8-12-13(9)2)17(15,16)14-6-3-4-11-5-7-14;/h8,11H,3-7H2,1-2H3;1H. The van der Waals surface area contributed by atoms with Crippen LogP contribution in [0.1, 0.15) is 12.1 Å². The minimum absolute atomic E-state index is 0. The van der Waals surface area contributed by atoms with Gasteiger partial charge in [-0.2, -0.15) is 9.40 Å². The van der Waals surface area contributed by atoms with Crippen molar-refractivity contribution in [3.8, 4) is 0 Å². The molecule has 1 saturated heterocycles. The molecule has 1 aromatic rings. The lowest BCUT2D eigenvalue weighted by molar-refractivity contribution is 0.431. The van der Waals surface area contributed by atoms with Crippen LogP contribution in [-0.4, -0.2) is 48.7 Å². The summed E-state index contributed by atoms with van der Waals surface area (Å²) in [6, 6.07) is 0. The second-order valence-electron chi connectivity index (χ2n) is 4.23. The van der Waals surface area contributed by atoms with Crippen molar-refractivity contribution < 1.29 is 8.42 Å². The molecule has 8 heteroatoms. The normalized spacial score (nSPS) is 18.1. The maximum absolute atomic E-state index is 12.4. The lowest BCUT2D eigenvalue weighted by atomic mass is 10.4. The number of halogens is 1. The van der Waals surface area contributed by atoms with Gasteiger partial charge in [0.05, 0.1) is 11.9 Å². The van der Waals surface area contributed by atoms with Crippen molar-refractivity contribution in [1.29, 1.82) is 0 Å². The van der Waals surface area contributed by atoms with Crippen LogP contribution >= 0.6 is 12.4 Å². The fourth-order valence-electron chi connectivity index (χ4n) is 1.93. The highest BCUT2D eigenvalue weighted by Gasteiger charge is 2.28. The molecule has 1 aliphatic heterocycles. The average molecular weight is 295 g/mol. The molecule has 6 nitrogen and oxygen atoms in total. The molecule has 0 unspecified atom stereocenters. The summed E-state index contributed by atoms with van der Waals surface area (Å²) in [5, 5.41) is 7.19. The molecule has 0 radical (unpaired) electrons. The number of sulfonamides is 1. The Morgan fingerprint density at radius 1 is 1.33 bits per heavy atom. The molecule has 1 fully saturated rings. The molecule has 0 bridgehead atoms. The second-order valence-corrected chi connectivity index (χ2v) is 6.13. The fourth-order valence-corrected chi connectivity index (χ4v) is 3.60. The molecule has 1 aliphatic rings. The molecule has 0 amide bonds. The van der Waals surface area contributed by atoms with Gasteiger partial charge >= 0.3 is 0 Å². The summed E-state index contributed by atoms with van der Waals surface area (Å²) >= 11 is 0. The van der Waals surface area contributed by atoms with Gasteiger partial charge in [0.2, 0.25) is 10.0 Å². The first kappa shape index (κ1) is 15.4. The van der Waals surface area contributed by atoms with Gasteiger partial charge in [-0.1, -0.05) is 0 Å². The van der Waals surface area contributed by atoms with E-state index >= 15 is 0 Å². The molecule has 0 aromatic carbocycles. The third-order valence-corrected chi connectivity index (χ3v) is 5.11. The minimum Gasteiger partial charge on any atom is -0.315 e. The number of aromatic nitrogens is 2. The van der Waals surface area contributed by atoms with E-state index in [1.54, 1.807) is 18.7 Å². The number of nitrogens with one attached hydrogen (secondary N) is 1. The Bertz CT molecular complexity index is 492. The van der Waals surface area contributed by atoms with Crippen molar-refractivity contribution in [3.05, 3.63) is 11.9 Å². The van der Waals surface area contributed by atoms with E-state index in [2.05, 4.69) is 10.4 Å². The first-order valence-corrected chi connectivity index (χ1v) is 7.17. The summed E-state index contributed by atoms with van der Waals surface area (Å²) in [5.74, 6) is 0. The Hall–Kier alpha value is -0.630. The van der Waals surface area contributed by atoms with E-state index in [1.807, 2.05) is 0 Å². The molecule has 0 saturated carbocycles. The topological polar surface area (TPSA) is 67.2 Å². The summed E-state index contributed by atoms with van der Waals surface area (Å²) in [4.78, 5) is 0.321. The lowest BCUT2D eigenvalue weighted by Gasteiger charge is -2.19. The molecule has 18 heavy (non-hydrogen) atoms. The molecule has 0 aliphatic carbocycles. The largest absolute Gasteiger partial charge is 0.315 e. The van der Waals surface area contributed by atoms with Crippen molar-refractivity contribution in [2.24, 2.45) is 7.05 Å². The monoisotopic (exact) mass is 294 g/mol. The van der Waals surface area contributed by atoms with Crippen molar-refractivity contribution in [3.63, 3.8) is 0 Å². The third-order valence-electron chi connectivity index (χ3n) is 3.11. The molecule has 0 atom stereocenters. The smallest absolute Gasteiger partial charge is 0.246 e. The molecule has 1 aromatic heterocycles. The van der Waals surface area contributed by atoms with Gasteiger partial charge in [-0.15, -0.1) is 12.4 Å². The summed E-state index contributed by atoms with van der Waals surface area (Å²) in [6.45, 7) is 4.45. The number of nitrogens with zero attached hydrogens (tertiary/aromatic N) is 3. The van der Waals surface area contributed by atoms with Crippen LogP contribution in [0.15, 0.2) is 11.1 Å². The number of aryl methyl sites for hydroxylation is 1. The Morgan fingerprint density at radius 3 is 2.67 bits per heavy atom. The Morgan fingerprint density at radius 2 is 2.06 bits per heavy atom. The summed E-state index contributed by atoms with van der Waals surface area (Å²) < 4.78 is 28.0. The van der Waals surface area contributed by atoms with E-state index in [9.17, 15) is 8.42 Å². The van der Waals surface area contributed by atoms with Gasteiger partial charge in [0.25, 0.3) is 0 Å². The van der Waals surface area contributed by atoms with Crippen LogP contribution in [0.4, 0.5) is 0 Å². The third kappa shape index (κ3) is 2.85. The van der Waals surface area contributed by atoms with Gasteiger partial charge in [-0.3, -0.25) is 4.68 Å². The van der Waals surface area contributed by atoms with Crippen LogP contribution in [-0.2, 0) is 17.1 Å². The number of hydrogen-bond acceptors (Lipinski definition) is 4. The summed E-state index contributed by atoms with van der Waals surface area (Å²) in [7, 11) is -1.64. The van der Waals surface area contributed by atoms with Crippen LogP contribution in [0, 0.1) is 6.92 Å². The van der Waals surface area contributed by atoms with Gasteiger partial charge in [0.15, 0.2) is 0 Å². The summed E-state index contributed by atoms with van der Waals surface area (Å²) in [6.07, 6.45) is 2.28. The summed E-state index contributed by atoms with van der Waals surface area (Å²) in [5.41, 5.74) is 0.683. The SMILES string of the molecule is Cc1c(S(=O)(=O)N2CCCNCC2)cnn1C.Cl. The van der Waals surface area contributed by atoms with Gasteiger partial charge < -0.3 is 5.32 Å². The Labute approximate surface area is 114 Å². The molecular weight excluding hydrogens is 276 g/mol. The molecule has 1 N–H and O–H groups in total. The van der Waals surface area contributed by atoms with Crippen molar-refractivity contribution in [1.82, 2.24) is 19.4 Å². The van der Waals surface area contributed by atoms with Crippen LogP contribution in [0.25, 0.3) is 0 Å². The second kappa shape index (κ2) is 6.01. The Balaban J connectivity index is 0.00000162.